The number of hydrogen-bond acceptors (Lipinski definition) is 9. The van der Waals surface area contributed by atoms with Crippen LogP contribution in [0.1, 0.15) is 0 Å². The van der Waals surface area contributed by atoms with Crippen molar-refractivity contribution in [3.63, 3.8) is 0 Å². The van der Waals surface area contributed by atoms with Crippen molar-refractivity contribution in [1.29, 1.82) is 0 Å². The van der Waals surface area contributed by atoms with Crippen LogP contribution in [0, 0.1) is 0 Å². The summed E-state index contributed by atoms with van der Waals surface area (Å²) in [5.41, 5.74) is -0.480. The summed E-state index contributed by atoms with van der Waals surface area (Å²) in [6.07, 6.45) is 0. The molecule has 2 aromatic rings. The SMILES string of the molecule is O=C(Nc1cc(NC(=O)N[SH](=O)=O)cc(NC(=O)NS(=O)(=O)c2ccccc2)c1)N[SH](=O)=O. The van der Waals surface area contributed by atoms with E-state index in [0.29, 0.717) is 0 Å². The van der Waals surface area contributed by atoms with Crippen molar-refractivity contribution < 1.29 is 39.6 Å². The Labute approximate surface area is 190 Å². The molecule has 0 spiro atoms. The molecule has 15 nitrogen and oxygen atoms in total. The summed E-state index contributed by atoms with van der Waals surface area (Å²) in [5, 5.41) is 6.37. The first-order chi connectivity index (χ1) is 15.4. The highest BCUT2D eigenvalue weighted by Crippen LogP contribution is 2.23. The first-order valence-electron chi connectivity index (χ1n) is 8.42. The number of amides is 6. The fraction of sp³-hybridized carbons (Fsp3) is 0. The number of nitrogens with one attached hydrogen (secondary N) is 6. The zero-order valence-corrected chi connectivity index (χ0v) is 18.7. The second kappa shape index (κ2) is 11.1. The van der Waals surface area contributed by atoms with E-state index in [1.54, 1.807) is 10.8 Å². The van der Waals surface area contributed by atoms with Crippen LogP contribution in [-0.4, -0.2) is 43.3 Å². The van der Waals surface area contributed by atoms with Gasteiger partial charge in [0.2, 0.25) is 21.8 Å². The molecule has 18 heteroatoms. The highest BCUT2D eigenvalue weighted by Gasteiger charge is 2.18. The minimum Gasteiger partial charge on any atom is -0.307 e. The average Bonchev–Trinajstić information content (AvgIpc) is 2.66. The molecule has 33 heavy (non-hydrogen) atoms. The van der Waals surface area contributed by atoms with Crippen LogP contribution in [0.15, 0.2) is 53.4 Å². The second-order valence-corrected chi connectivity index (χ2v) is 8.98. The zero-order valence-electron chi connectivity index (χ0n) is 16.1. The van der Waals surface area contributed by atoms with Gasteiger partial charge in [-0.2, -0.15) is 0 Å². The maximum absolute atomic E-state index is 12.2. The molecule has 0 unspecified atom stereocenters. The number of rotatable bonds is 7. The van der Waals surface area contributed by atoms with Gasteiger partial charge in [-0.15, -0.1) is 0 Å². The Morgan fingerprint density at radius 2 is 1.03 bits per heavy atom. The molecule has 0 aliphatic rings. The quantitative estimate of drug-likeness (QED) is 0.220. The van der Waals surface area contributed by atoms with Crippen LogP contribution in [0.4, 0.5) is 31.4 Å². The fourth-order valence-corrected chi connectivity index (χ4v) is 3.64. The lowest BCUT2D eigenvalue weighted by Crippen LogP contribution is -2.34. The lowest BCUT2D eigenvalue weighted by molar-refractivity contribution is 0.255. The van der Waals surface area contributed by atoms with Crippen molar-refractivity contribution in [2.45, 2.75) is 4.90 Å². The van der Waals surface area contributed by atoms with Gasteiger partial charge >= 0.3 is 18.1 Å². The smallest absolute Gasteiger partial charge is 0.307 e. The summed E-state index contributed by atoms with van der Waals surface area (Å²) in [7, 11) is -10.8. The van der Waals surface area contributed by atoms with E-state index in [4.69, 9.17) is 0 Å². The summed E-state index contributed by atoms with van der Waals surface area (Å²) in [4.78, 5) is 35.2. The van der Waals surface area contributed by atoms with Gasteiger partial charge in [-0.25, -0.2) is 53.8 Å². The van der Waals surface area contributed by atoms with Gasteiger partial charge in [-0.1, -0.05) is 18.2 Å². The first-order valence-corrected chi connectivity index (χ1v) is 12.3. The van der Waals surface area contributed by atoms with Crippen LogP contribution in [0.25, 0.3) is 0 Å². The third-order valence-corrected chi connectivity index (χ3v) is 5.49. The fourth-order valence-electron chi connectivity index (χ4n) is 2.27. The summed E-state index contributed by atoms with van der Waals surface area (Å²) in [6.45, 7) is 0. The average molecular weight is 521 g/mol. The summed E-state index contributed by atoms with van der Waals surface area (Å²) >= 11 is 0. The van der Waals surface area contributed by atoms with Crippen LogP contribution in [0.5, 0.6) is 0 Å². The Bertz CT molecular complexity index is 1250. The minimum absolute atomic E-state index is 0.158. The van der Waals surface area contributed by atoms with E-state index in [1.807, 2.05) is 0 Å². The maximum Gasteiger partial charge on any atom is 0.333 e. The van der Waals surface area contributed by atoms with Crippen LogP contribution >= 0.6 is 0 Å². The first kappa shape index (κ1) is 25.4. The molecular weight excluding hydrogens is 504 g/mol. The Morgan fingerprint density at radius 1 is 0.636 bits per heavy atom. The molecular formula is C15H16N6O9S3. The summed E-state index contributed by atoms with van der Waals surface area (Å²) in [6, 6.07) is 6.69. The van der Waals surface area contributed by atoms with Gasteiger partial charge in [-0.05, 0) is 30.3 Å². The summed E-state index contributed by atoms with van der Waals surface area (Å²) < 4.78 is 71.7. The molecule has 6 amide bonds. The van der Waals surface area contributed by atoms with Crippen LogP contribution in [0.2, 0.25) is 0 Å². The highest BCUT2D eigenvalue weighted by molar-refractivity contribution is 7.90. The standard InChI is InChI=1S/C15H16N6O9S3/c22-13(19-31(25)26)16-9-6-10(17-14(23)20-32(27)28)8-11(7-9)18-15(24)21-33(29,30)12-4-2-1-3-5-12/h1-8,31-32H,(H2,18,21,24)(H2,16,19,22,25,26)(H2,17,20,23,27,28). The lowest BCUT2D eigenvalue weighted by atomic mass is 10.2. The highest BCUT2D eigenvalue weighted by atomic mass is 32.2. The van der Waals surface area contributed by atoms with Crippen molar-refractivity contribution in [3.05, 3.63) is 48.5 Å². The van der Waals surface area contributed by atoms with Gasteiger partial charge in [0.15, 0.2) is 0 Å². The molecule has 0 aliphatic heterocycles. The molecule has 0 atom stereocenters. The van der Waals surface area contributed by atoms with E-state index in [2.05, 4.69) is 16.0 Å². The largest absolute Gasteiger partial charge is 0.333 e. The van der Waals surface area contributed by atoms with E-state index in [0.717, 1.165) is 18.2 Å². The van der Waals surface area contributed by atoms with Crippen molar-refractivity contribution in [3.8, 4) is 0 Å². The molecule has 178 valence electrons. The number of carbonyl (C=O) groups excluding carboxylic acids is 3. The monoisotopic (exact) mass is 520 g/mol. The zero-order chi connectivity index (χ0) is 24.6. The molecule has 2 rings (SSSR count). The topological polar surface area (TPSA) is 226 Å². The van der Waals surface area contributed by atoms with Crippen molar-refractivity contribution in [2.75, 3.05) is 16.0 Å². The molecule has 2 aromatic carbocycles. The van der Waals surface area contributed by atoms with E-state index in [1.165, 1.54) is 33.7 Å². The maximum atomic E-state index is 12.2. The number of anilines is 3. The number of thiol groups is 2. The third kappa shape index (κ3) is 8.63. The van der Waals surface area contributed by atoms with Crippen LogP contribution < -0.4 is 30.1 Å². The van der Waals surface area contributed by atoms with E-state index in [-0.39, 0.29) is 22.0 Å². The molecule has 0 saturated heterocycles. The normalized spacial score (nSPS) is 10.8. The predicted molar refractivity (Wildman–Crippen MR) is 117 cm³/mol. The molecule has 0 heterocycles. The Morgan fingerprint density at radius 3 is 1.42 bits per heavy atom. The lowest BCUT2D eigenvalue weighted by Gasteiger charge is -2.13. The molecule has 0 radical (unpaired) electrons. The molecule has 6 N–H and O–H groups in total. The molecule has 0 bridgehead atoms. The van der Waals surface area contributed by atoms with E-state index < -0.39 is 49.9 Å². The van der Waals surface area contributed by atoms with Gasteiger partial charge in [0.1, 0.15) is 0 Å². The number of urea groups is 3. The molecule has 0 saturated carbocycles. The van der Waals surface area contributed by atoms with E-state index in [9.17, 15) is 39.6 Å². The van der Waals surface area contributed by atoms with Gasteiger partial charge in [0.05, 0.1) is 4.90 Å². The van der Waals surface area contributed by atoms with Gasteiger partial charge < -0.3 is 16.0 Å². The van der Waals surface area contributed by atoms with Gasteiger partial charge in [-0.3, -0.25) is 0 Å². The number of hydrogen-bond donors (Lipinski definition) is 8. The molecule has 0 aromatic heterocycles. The number of carbonyl (C=O) groups is 3. The summed E-state index contributed by atoms with van der Waals surface area (Å²) in [5.74, 6) is 0. The second-order valence-electron chi connectivity index (χ2n) is 5.82. The van der Waals surface area contributed by atoms with Crippen LogP contribution in [0.3, 0.4) is 0 Å². The predicted octanol–water partition coefficient (Wildman–Crippen LogP) is -0.507. The van der Waals surface area contributed by atoms with Crippen LogP contribution in [-0.2, 0) is 31.8 Å². The van der Waals surface area contributed by atoms with Crippen molar-refractivity contribution >= 4 is 67.0 Å². The Balaban J connectivity index is 2.26. The Kier molecular flexibility index (Phi) is 8.54. The number of benzene rings is 2. The Hall–Kier alpha value is -3.90. The van der Waals surface area contributed by atoms with Crippen molar-refractivity contribution in [1.82, 2.24) is 14.2 Å². The van der Waals surface area contributed by atoms with E-state index >= 15 is 0 Å². The van der Waals surface area contributed by atoms with Crippen molar-refractivity contribution in [2.24, 2.45) is 0 Å². The van der Waals surface area contributed by atoms with Gasteiger partial charge in [0, 0.05) is 17.1 Å². The van der Waals surface area contributed by atoms with Gasteiger partial charge in [0.25, 0.3) is 10.0 Å². The third-order valence-electron chi connectivity index (χ3n) is 3.37. The minimum atomic E-state index is -4.22. The number of sulfonamides is 1. The molecule has 0 aliphatic carbocycles. The molecule has 0 fully saturated rings.